The highest BCUT2D eigenvalue weighted by atomic mass is 32.1. The van der Waals surface area contributed by atoms with Gasteiger partial charge in [0.1, 0.15) is 0 Å². The van der Waals surface area contributed by atoms with Crippen LogP contribution in [0.1, 0.15) is 27.8 Å². The van der Waals surface area contributed by atoms with Gasteiger partial charge in [0, 0.05) is 26.2 Å². The van der Waals surface area contributed by atoms with Gasteiger partial charge in [-0.3, -0.25) is 4.79 Å². The molecule has 1 aliphatic rings. The summed E-state index contributed by atoms with van der Waals surface area (Å²) in [5, 5.41) is 1.08. The molecule has 28 heavy (non-hydrogen) atoms. The monoisotopic (exact) mass is 393 g/mol. The Balaban J connectivity index is 1.41. The Morgan fingerprint density at radius 2 is 1.61 bits per heavy atom. The number of nitrogens with zero attached hydrogens (tertiary/aromatic N) is 3. The molecule has 0 radical (unpaired) electrons. The van der Waals surface area contributed by atoms with Crippen molar-refractivity contribution < 1.29 is 4.79 Å². The molecule has 0 spiro atoms. The van der Waals surface area contributed by atoms with E-state index in [1.54, 1.807) is 11.3 Å². The number of carbonyl (C=O) groups excluding carboxylic acids is 1. The van der Waals surface area contributed by atoms with Gasteiger partial charge in [-0.2, -0.15) is 0 Å². The Hall–Kier alpha value is -2.40. The first-order valence-electron chi connectivity index (χ1n) is 9.88. The van der Waals surface area contributed by atoms with Crippen molar-refractivity contribution in [1.29, 1.82) is 0 Å². The van der Waals surface area contributed by atoms with Gasteiger partial charge in [-0.1, -0.05) is 41.7 Å². The van der Waals surface area contributed by atoms with Crippen molar-refractivity contribution in [3.8, 4) is 0 Å². The van der Waals surface area contributed by atoms with Gasteiger partial charge < -0.3 is 9.80 Å². The third-order valence-electron chi connectivity index (χ3n) is 5.76. The van der Waals surface area contributed by atoms with Gasteiger partial charge in [0.2, 0.25) is 5.91 Å². The maximum Gasteiger partial charge on any atom is 0.227 e. The van der Waals surface area contributed by atoms with Crippen LogP contribution in [0.2, 0.25) is 0 Å². The van der Waals surface area contributed by atoms with Crippen LogP contribution in [0.15, 0.2) is 30.3 Å². The number of hydrogen-bond acceptors (Lipinski definition) is 4. The van der Waals surface area contributed by atoms with E-state index in [-0.39, 0.29) is 5.91 Å². The standard InChI is InChI=1S/C23H27N3OS/c1-15-7-8-19(13-18(15)4)14-20(27)25-9-11-26(12-10-25)23-24-21-16(2)5-6-17(3)22(21)28-23/h5-8,13H,9-12,14H2,1-4H3. The number of fused-ring (bicyclic) bond motifs is 1. The zero-order chi connectivity index (χ0) is 19.8. The molecule has 4 nitrogen and oxygen atoms in total. The zero-order valence-corrected chi connectivity index (χ0v) is 17.9. The van der Waals surface area contributed by atoms with Crippen LogP contribution in [0.3, 0.4) is 0 Å². The van der Waals surface area contributed by atoms with Crippen molar-refractivity contribution >= 4 is 32.6 Å². The van der Waals surface area contributed by atoms with Crippen molar-refractivity contribution in [3.05, 3.63) is 58.1 Å². The molecule has 4 rings (SSSR count). The molecular formula is C23H27N3OS. The summed E-state index contributed by atoms with van der Waals surface area (Å²) in [5.41, 5.74) is 7.25. The lowest BCUT2D eigenvalue weighted by molar-refractivity contribution is -0.130. The second-order valence-corrected chi connectivity index (χ2v) is 8.81. The van der Waals surface area contributed by atoms with Gasteiger partial charge in [0.25, 0.3) is 0 Å². The number of amides is 1. The molecule has 0 bridgehead atoms. The fourth-order valence-corrected chi connectivity index (χ4v) is 4.89. The highest BCUT2D eigenvalue weighted by Gasteiger charge is 2.23. The summed E-state index contributed by atoms with van der Waals surface area (Å²) < 4.78 is 1.28. The van der Waals surface area contributed by atoms with Gasteiger partial charge in [0.15, 0.2) is 5.13 Å². The molecule has 2 heterocycles. The quantitative estimate of drug-likeness (QED) is 0.661. The fraction of sp³-hybridized carbons (Fsp3) is 0.391. The van der Waals surface area contributed by atoms with E-state index in [1.165, 1.54) is 27.0 Å². The van der Waals surface area contributed by atoms with Crippen LogP contribution in [0.4, 0.5) is 5.13 Å². The number of aromatic nitrogens is 1. The Kier molecular flexibility index (Phi) is 5.11. The van der Waals surface area contributed by atoms with E-state index < -0.39 is 0 Å². The van der Waals surface area contributed by atoms with Crippen LogP contribution in [-0.4, -0.2) is 42.0 Å². The summed E-state index contributed by atoms with van der Waals surface area (Å²) in [6.45, 7) is 11.7. The highest BCUT2D eigenvalue weighted by Crippen LogP contribution is 2.33. The molecule has 146 valence electrons. The van der Waals surface area contributed by atoms with E-state index in [4.69, 9.17) is 4.98 Å². The van der Waals surface area contributed by atoms with Gasteiger partial charge in [-0.25, -0.2) is 4.98 Å². The summed E-state index contributed by atoms with van der Waals surface area (Å²) in [6.07, 6.45) is 0.487. The minimum Gasteiger partial charge on any atom is -0.345 e. The first kappa shape index (κ1) is 18.9. The van der Waals surface area contributed by atoms with Gasteiger partial charge in [-0.15, -0.1) is 0 Å². The van der Waals surface area contributed by atoms with Gasteiger partial charge in [-0.05, 0) is 55.5 Å². The zero-order valence-electron chi connectivity index (χ0n) is 17.1. The van der Waals surface area contributed by atoms with Crippen molar-refractivity contribution in [2.24, 2.45) is 0 Å². The molecule has 1 saturated heterocycles. The minimum absolute atomic E-state index is 0.221. The molecule has 1 aliphatic heterocycles. The summed E-state index contributed by atoms with van der Waals surface area (Å²) in [6, 6.07) is 10.6. The Morgan fingerprint density at radius 3 is 2.29 bits per heavy atom. The van der Waals surface area contributed by atoms with E-state index in [9.17, 15) is 4.79 Å². The normalized spacial score (nSPS) is 14.7. The second-order valence-electron chi connectivity index (χ2n) is 7.84. The molecule has 1 amide bonds. The number of piperazine rings is 1. The van der Waals surface area contributed by atoms with Crippen LogP contribution >= 0.6 is 11.3 Å². The maximum absolute atomic E-state index is 12.7. The van der Waals surface area contributed by atoms with Crippen molar-refractivity contribution in [2.45, 2.75) is 34.1 Å². The number of anilines is 1. The smallest absolute Gasteiger partial charge is 0.227 e. The van der Waals surface area contributed by atoms with Crippen LogP contribution in [0, 0.1) is 27.7 Å². The molecular weight excluding hydrogens is 366 g/mol. The van der Waals surface area contributed by atoms with E-state index in [0.29, 0.717) is 6.42 Å². The third kappa shape index (κ3) is 3.63. The van der Waals surface area contributed by atoms with Crippen molar-refractivity contribution in [1.82, 2.24) is 9.88 Å². The number of benzene rings is 2. The lowest BCUT2D eigenvalue weighted by atomic mass is 10.0. The maximum atomic E-state index is 12.7. The molecule has 1 fully saturated rings. The molecule has 0 atom stereocenters. The SMILES string of the molecule is Cc1ccc(CC(=O)N2CCN(c3nc4c(C)ccc(C)c4s3)CC2)cc1C. The minimum atomic E-state index is 0.221. The van der Waals surface area contributed by atoms with Crippen molar-refractivity contribution in [2.75, 3.05) is 31.1 Å². The molecule has 0 unspecified atom stereocenters. The van der Waals surface area contributed by atoms with Gasteiger partial charge >= 0.3 is 0 Å². The second kappa shape index (κ2) is 7.55. The molecule has 0 saturated carbocycles. The fourth-order valence-electron chi connectivity index (χ4n) is 3.73. The van der Waals surface area contributed by atoms with E-state index in [0.717, 1.165) is 42.4 Å². The third-order valence-corrected chi connectivity index (χ3v) is 7.01. The molecule has 5 heteroatoms. The average molecular weight is 394 g/mol. The predicted octanol–water partition coefficient (Wildman–Crippen LogP) is 4.42. The number of thiazole rings is 1. The number of hydrogen-bond donors (Lipinski definition) is 0. The van der Waals surface area contributed by atoms with Crippen molar-refractivity contribution in [3.63, 3.8) is 0 Å². The Bertz CT molecular complexity index is 993. The summed E-state index contributed by atoms with van der Waals surface area (Å²) in [7, 11) is 0. The predicted molar refractivity (Wildman–Crippen MR) is 118 cm³/mol. The van der Waals surface area contributed by atoms with E-state index >= 15 is 0 Å². The average Bonchev–Trinajstić information content (AvgIpc) is 3.15. The van der Waals surface area contributed by atoms with Crippen LogP contribution < -0.4 is 4.90 Å². The van der Waals surface area contributed by atoms with Gasteiger partial charge in [0.05, 0.1) is 16.6 Å². The number of carbonyl (C=O) groups is 1. The summed E-state index contributed by atoms with van der Waals surface area (Å²) in [5.74, 6) is 0.221. The Morgan fingerprint density at radius 1 is 0.929 bits per heavy atom. The highest BCUT2D eigenvalue weighted by molar-refractivity contribution is 7.22. The molecule has 0 aliphatic carbocycles. The van der Waals surface area contributed by atoms with E-state index in [2.05, 4.69) is 62.9 Å². The topological polar surface area (TPSA) is 36.4 Å². The first-order valence-corrected chi connectivity index (χ1v) is 10.7. The number of rotatable bonds is 3. The molecule has 0 N–H and O–H groups in total. The Labute approximate surface area is 170 Å². The van der Waals surface area contributed by atoms with Crippen LogP contribution in [0.5, 0.6) is 0 Å². The molecule has 3 aromatic rings. The van der Waals surface area contributed by atoms with Crippen LogP contribution in [-0.2, 0) is 11.2 Å². The lowest BCUT2D eigenvalue weighted by Crippen LogP contribution is -2.49. The first-order chi connectivity index (χ1) is 13.4. The number of aryl methyl sites for hydroxylation is 4. The van der Waals surface area contributed by atoms with Crippen LogP contribution in [0.25, 0.3) is 10.2 Å². The summed E-state index contributed by atoms with van der Waals surface area (Å²) in [4.78, 5) is 21.9. The summed E-state index contributed by atoms with van der Waals surface area (Å²) >= 11 is 1.77. The largest absolute Gasteiger partial charge is 0.345 e. The van der Waals surface area contributed by atoms with E-state index in [1.807, 2.05) is 4.90 Å². The molecule has 1 aromatic heterocycles. The molecule has 2 aromatic carbocycles. The lowest BCUT2D eigenvalue weighted by Gasteiger charge is -2.34.